The summed E-state index contributed by atoms with van der Waals surface area (Å²) in [5, 5.41) is 12.0. The highest BCUT2D eigenvalue weighted by Crippen LogP contribution is 2.14. The summed E-state index contributed by atoms with van der Waals surface area (Å²) in [7, 11) is 0. The molecule has 0 aromatic carbocycles. The Hall–Kier alpha value is -1.86. The maximum Gasteiger partial charge on any atom is 0.371 e. The number of carbonyl (C=O) groups excluding carboxylic acids is 1. The first-order valence-electron chi connectivity index (χ1n) is 6.91. The predicted molar refractivity (Wildman–Crippen MR) is 74.1 cm³/mol. The van der Waals surface area contributed by atoms with Gasteiger partial charge in [-0.05, 0) is 19.9 Å². The molecular weight excluding hydrogens is 276 g/mol. The first-order chi connectivity index (χ1) is 9.99. The number of morpholine rings is 1. The summed E-state index contributed by atoms with van der Waals surface area (Å²) in [4.78, 5) is 24.8. The maximum absolute atomic E-state index is 12.2. The molecule has 1 saturated heterocycles. The van der Waals surface area contributed by atoms with Crippen LogP contribution < -0.4 is 5.32 Å². The Kier molecular flexibility index (Phi) is 4.98. The van der Waals surface area contributed by atoms with Gasteiger partial charge in [-0.2, -0.15) is 0 Å². The molecule has 0 saturated carbocycles. The minimum atomic E-state index is -1.10. The lowest BCUT2D eigenvalue weighted by atomic mass is 10.2. The maximum atomic E-state index is 12.2. The Bertz CT molecular complexity index is 519. The van der Waals surface area contributed by atoms with Crippen molar-refractivity contribution in [3.63, 3.8) is 0 Å². The Morgan fingerprint density at radius 3 is 2.67 bits per heavy atom. The second-order valence-corrected chi connectivity index (χ2v) is 5.04. The highest BCUT2D eigenvalue weighted by molar-refractivity contribution is 5.84. The molecule has 1 aliphatic rings. The van der Waals surface area contributed by atoms with E-state index < -0.39 is 5.97 Å². The molecule has 116 valence electrons. The van der Waals surface area contributed by atoms with Gasteiger partial charge in [0, 0.05) is 25.2 Å². The van der Waals surface area contributed by atoms with E-state index >= 15 is 0 Å². The summed E-state index contributed by atoms with van der Waals surface area (Å²) in [6, 6.07) is 1.14. The molecular formula is C14H20N2O5. The number of carboxylic acids is 1. The molecule has 0 spiro atoms. The molecule has 1 fully saturated rings. The van der Waals surface area contributed by atoms with Gasteiger partial charge in [-0.3, -0.25) is 4.79 Å². The zero-order valence-corrected chi connectivity index (χ0v) is 12.2. The second kappa shape index (κ2) is 6.73. The van der Waals surface area contributed by atoms with Crippen LogP contribution in [0.5, 0.6) is 0 Å². The molecule has 1 unspecified atom stereocenters. The molecule has 21 heavy (non-hydrogen) atoms. The van der Waals surface area contributed by atoms with E-state index in [0.717, 1.165) is 5.56 Å². The van der Waals surface area contributed by atoms with E-state index in [9.17, 15) is 9.59 Å². The lowest BCUT2D eigenvalue weighted by molar-refractivity contribution is -0.137. The van der Waals surface area contributed by atoms with Gasteiger partial charge in [-0.1, -0.05) is 0 Å². The van der Waals surface area contributed by atoms with Crippen molar-refractivity contribution >= 4 is 11.9 Å². The molecule has 7 heteroatoms. The van der Waals surface area contributed by atoms with Crippen molar-refractivity contribution in [2.24, 2.45) is 0 Å². The normalized spacial score (nSPS) is 16.8. The number of aromatic carboxylic acids is 1. The van der Waals surface area contributed by atoms with E-state index in [2.05, 4.69) is 5.32 Å². The molecule has 7 nitrogen and oxygen atoms in total. The first-order valence-corrected chi connectivity index (χ1v) is 6.91. The number of rotatable bonds is 5. The van der Waals surface area contributed by atoms with Crippen molar-refractivity contribution in [1.29, 1.82) is 0 Å². The van der Waals surface area contributed by atoms with Crippen LogP contribution in [-0.2, 0) is 16.1 Å². The first kappa shape index (κ1) is 15.5. The summed E-state index contributed by atoms with van der Waals surface area (Å²) in [6.07, 6.45) is 0. The smallest absolute Gasteiger partial charge is 0.371 e. The van der Waals surface area contributed by atoms with Gasteiger partial charge in [0.15, 0.2) is 0 Å². The fourth-order valence-corrected chi connectivity index (χ4v) is 2.21. The van der Waals surface area contributed by atoms with Crippen LogP contribution in [0, 0.1) is 6.92 Å². The third-order valence-corrected chi connectivity index (χ3v) is 3.52. The summed E-state index contributed by atoms with van der Waals surface area (Å²) in [5.41, 5.74) is 0.744. The van der Waals surface area contributed by atoms with Gasteiger partial charge >= 0.3 is 5.97 Å². The standard InChI is InChI=1S/C14H20N2O5/c1-9(13(17)16-3-5-20-6-4-16)15-8-11-7-12(14(18)19)21-10(11)2/h7,9,15H,3-6,8H2,1-2H3,(H,18,19). The van der Waals surface area contributed by atoms with Crippen molar-refractivity contribution in [1.82, 2.24) is 10.2 Å². The number of carboxylic acid groups (broad SMARTS) is 1. The van der Waals surface area contributed by atoms with Gasteiger partial charge in [-0.25, -0.2) is 4.79 Å². The average Bonchev–Trinajstić information content (AvgIpc) is 2.86. The topological polar surface area (TPSA) is 92.0 Å². The van der Waals surface area contributed by atoms with Gasteiger partial charge in [-0.15, -0.1) is 0 Å². The minimum Gasteiger partial charge on any atom is -0.475 e. The molecule has 1 aromatic heterocycles. The van der Waals surface area contributed by atoms with Crippen LogP contribution in [-0.4, -0.2) is 54.2 Å². The van der Waals surface area contributed by atoms with Gasteiger partial charge in [0.2, 0.25) is 11.7 Å². The molecule has 1 aliphatic heterocycles. The number of ether oxygens (including phenoxy) is 1. The molecule has 1 amide bonds. The molecule has 1 atom stereocenters. The summed E-state index contributed by atoms with van der Waals surface area (Å²) < 4.78 is 10.4. The Balaban J connectivity index is 1.89. The highest BCUT2D eigenvalue weighted by Gasteiger charge is 2.22. The van der Waals surface area contributed by atoms with E-state index in [-0.39, 0.29) is 17.7 Å². The number of aryl methyl sites for hydroxylation is 1. The minimum absolute atomic E-state index is 0.0258. The lowest BCUT2D eigenvalue weighted by Crippen LogP contribution is -2.49. The summed E-state index contributed by atoms with van der Waals surface area (Å²) >= 11 is 0. The van der Waals surface area contributed by atoms with Gasteiger partial charge in [0.1, 0.15) is 5.76 Å². The van der Waals surface area contributed by atoms with Crippen LogP contribution >= 0.6 is 0 Å². The number of amides is 1. The largest absolute Gasteiger partial charge is 0.475 e. The predicted octanol–water partition coefficient (Wildman–Crippen LogP) is 0.623. The number of carbonyl (C=O) groups is 2. The summed E-state index contributed by atoms with van der Waals surface area (Å²) in [5.74, 6) is -0.609. The quantitative estimate of drug-likeness (QED) is 0.827. The average molecular weight is 296 g/mol. The molecule has 2 rings (SSSR count). The Morgan fingerprint density at radius 2 is 2.10 bits per heavy atom. The number of hydrogen-bond acceptors (Lipinski definition) is 5. The zero-order valence-electron chi connectivity index (χ0n) is 12.2. The number of hydrogen-bond donors (Lipinski definition) is 2. The van der Waals surface area contributed by atoms with E-state index in [1.807, 2.05) is 0 Å². The molecule has 1 aromatic rings. The van der Waals surface area contributed by atoms with E-state index in [1.165, 1.54) is 6.07 Å². The molecule has 0 radical (unpaired) electrons. The summed E-state index contributed by atoms with van der Waals surface area (Å²) in [6.45, 7) is 6.25. The fraction of sp³-hybridized carbons (Fsp3) is 0.571. The van der Waals surface area contributed by atoms with Gasteiger partial charge in [0.25, 0.3) is 0 Å². The SMILES string of the molecule is Cc1oc(C(=O)O)cc1CNC(C)C(=O)N1CCOCC1. The van der Waals surface area contributed by atoms with Crippen molar-refractivity contribution in [2.45, 2.75) is 26.4 Å². The van der Waals surface area contributed by atoms with Crippen molar-refractivity contribution in [2.75, 3.05) is 26.3 Å². The second-order valence-electron chi connectivity index (χ2n) is 5.04. The molecule has 2 N–H and O–H groups in total. The van der Waals surface area contributed by atoms with Crippen molar-refractivity contribution < 1.29 is 23.8 Å². The fourth-order valence-electron chi connectivity index (χ4n) is 2.21. The van der Waals surface area contributed by atoms with E-state index in [0.29, 0.717) is 38.6 Å². The Labute approximate surface area is 122 Å². The lowest BCUT2D eigenvalue weighted by Gasteiger charge is -2.29. The zero-order chi connectivity index (χ0) is 15.4. The van der Waals surface area contributed by atoms with Crippen molar-refractivity contribution in [3.8, 4) is 0 Å². The number of furan rings is 1. The molecule has 0 aliphatic carbocycles. The molecule has 0 bridgehead atoms. The van der Waals surface area contributed by atoms with Crippen LogP contribution in [0.15, 0.2) is 10.5 Å². The van der Waals surface area contributed by atoms with Gasteiger partial charge in [0.05, 0.1) is 19.3 Å². The highest BCUT2D eigenvalue weighted by atomic mass is 16.5. The number of nitrogens with zero attached hydrogens (tertiary/aromatic N) is 1. The van der Waals surface area contributed by atoms with Gasteiger partial charge < -0.3 is 24.5 Å². The van der Waals surface area contributed by atoms with E-state index in [1.54, 1.807) is 18.7 Å². The van der Waals surface area contributed by atoms with Crippen LogP contribution in [0.1, 0.15) is 28.8 Å². The van der Waals surface area contributed by atoms with Crippen LogP contribution in [0.3, 0.4) is 0 Å². The van der Waals surface area contributed by atoms with Crippen LogP contribution in [0.25, 0.3) is 0 Å². The van der Waals surface area contributed by atoms with E-state index in [4.69, 9.17) is 14.3 Å². The van der Waals surface area contributed by atoms with Crippen LogP contribution in [0.4, 0.5) is 0 Å². The third-order valence-electron chi connectivity index (χ3n) is 3.52. The molecule has 2 heterocycles. The Morgan fingerprint density at radius 1 is 1.43 bits per heavy atom. The number of nitrogens with one attached hydrogen (secondary N) is 1. The third kappa shape index (κ3) is 3.83. The van der Waals surface area contributed by atoms with Crippen molar-refractivity contribution in [3.05, 3.63) is 23.2 Å². The van der Waals surface area contributed by atoms with Crippen LogP contribution in [0.2, 0.25) is 0 Å². The monoisotopic (exact) mass is 296 g/mol.